The average molecular weight is 387 g/mol. The average Bonchev–Trinajstić information content (AvgIpc) is 2.45. The van der Waals surface area contributed by atoms with Crippen LogP contribution < -0.4 is 5.32 Å². The Hall–Kier alpha value is -1.28. The van der Waals surface area contributed by atoms with Crippen molar-refractivity contribution in [3.05, 3.63) is 50.7 Å². The van der Waals surface area contributed by atoms with E-state index in [9.17, 15) is 4.39 Å². The number of rotatable bonds is 5. The maximum atomic E-state index is 13.7. The van der Waals surface area contributed by atoms with Crippen LogP contribution in [0.15, 0.2) is 24.3 Å². The highest BCUT2D eigenvalue weighted by Gasteiger charge is 2.12. The van der Waals surface area contributed by atoms with E-state index in [4.69, 9.17) is 4.74 Å². The van der Waals surface area contributed by atoms with Gasteiger partial charge >= 0.3 is 0 Å². The number of anilines is 1. The summed E-state index contributed by atoms with van der Waals surface area (Å²) in [5.41, 5.74) is 1.39. The fourth-order valence-electron chi connectivity index (χ4n) is 1.83. The second-order valence-electron chi connectivity index (χ2n) is 4.20. The van der Waals surface area contributed by atoms with Crippen LogP contribution in [0.4, 0.5) is 10.2 Å². The van der Waals surface area contributed by atoms with Crippen LogP contribution in [0.25, 0.3) is 0 Å². The molecule has 0 fully saturated rings. The number of nitrogens with one attached hydrogen (secondary N) is 1. The van der Waals surface area contributed by atoms with Crippen molar-refractivity contribution < 1.29 is 9.13 Å². The molecule has 1 N–H and O–H groups in total. The smallest absolute Gasteiger partial charge is 0.143 e. The summed E-state index contributed by atoms with van der Waals surface area (Å²) in [6.45, 7) is 0.403. The molecule has 0 bridgehead atoms. The first-order valence-corrected chi connectivity index (χ1v) is 7.19. The zero-order valence-corrected chi connectivity index (χ0v) is 13.4. The van der Waals surface area contributed by atoms with Gasteiger partial charge < -0.3 is 10.1 Å². The Kier molecular flexibility index (Phi) is 5.24. The lowest BCUT2D eigenvalue weighted by Crippen LogP contribution is -2.09. The Bertz CT molecular complexity index is 607. The highest BCUT2D eigenvalue weighted by atomic mass is 127. The molecule has 6 heteroatoms. The van der Waals surface area contributed by atoms with Gasteiger partial charge in [-0.3, -0.25) is 0 Å². The van der Waals surface area contributed by atoms with Gasteiger partial charge in [-0.25, -0.2) is 14.4 Å². The van der Waals surface area contributed by atoms with Crippen molar-refractivity contribution in [1.82, 2.24) is 9.97 Å². The number of halogens is 2. The molecule has 106 valence electrons. The zero-order chi connectivity index (χ0) is 14.5. The number of hydrogen-bond donors (Lipinski definition) is 1. The number of methoxy groups -OCH3 is 1. The van der Waals surface area contributed by atoms with Gasteiger partial charge in [0.15, 0.2) is 0 Å². The number of hydrogen-bond acceptors (Lipinski definition) is 4. The summed E-state index contributed by atoms with van der Waals surface area (Å²) < 4.78 is 19.7. The number of benzene rings is 1. The van der Waals surface area contributed by atoms with Crippen molar-refractivity contribution in [3.63, 3.8) is 0 Å². The first kappa shape index (κ1) is 15.1. The molecule has 0 spiro atoms. The standard InChI is InChI=1S/C14H15FIN3O/c1-17-14-13(16)11(8-20-2)18-12(19-14)7-9-5-3-4-6-10(9)15/h3-6H,7-8H2,1-2H3,(H,17,18,19). The predicted octanol–water partition coefficient (Wildman–Crippen LogP) is 3.00. The molecule has 2 rings (SSSR count). The molecule has 1 aromatic heterocycles. The van der Waals surface area contributed by atoms with Gasteiger partial charge in [-0.1, -0.05) is 18.2 Å². The summed E-state index contributed by atoms with van der Waals surface area (Å²) in [4.78, 5) is 8.87. The van der Waals surface area contributed by atoms with E-state index < -0.39 is 0 Å². The van der Waals surface area contributed by atoms with Crippen LogP contribution in [0, 0.1) is 9.39 Å². The Morgan fingerprint density at radius 2 is 2.05 bits per heavy atom. The largest absolute Gasteiger partial charge is 0.378 e. The van der Waals surface area contributed by atoms with Crippen molar-refractivity contribution in [2.45, 2.75) is 13.0 Å². The van der Waals surface area contributed by atoms with Crippen LogP contribution in [0.5, 0.6) is 0 Å². The molecule has 0 aliphatic carbocycles. The second kappa shape index (κ2) is 6.94. The highest BCUT2D eigenvalue weighted by Crippen LogP contribution is 2.21. The Balaban J connectivity index is 2.37. The molecule has 0 saturated carbocycles. The van der Waals surface area contributed by atoms with Crippen molar-refractivity contribution in [1.29, 1.82) is 0 Å². The van der Waals surface area contributed by atoms with E-state index in [1.165, 1.54) is 6.07 Å². The number of ether oxygens (including phenoxy) is 1. The maximum absolute atomic E-state index is 13.7. The zero-order valence-electron chi connectivity index (χ0n) is 11.3. The summed E-state index contributed by atoms with van der Waals surface area (Å²) in [5, 5.41) is 3.03. The lowest BCUT2D eigenvalue weighted by Gasteiger charge is -2.11. The van der Waals surface area contributed by atoms with E-state index in [-0.39, 0.29) is 5.82 Å². The third-order valence-electron chi connectivity index (χ3n) is 2.79. The van der Waals surface area contributed by atoms with E-state index in [0.717, 1.165) is 15.1 Å². The van der Waals surface area contributed by atoms with Gasteiger partial charge in [0.1, 0.15) is 17.5 Å². The van der Waals surface area contributed by atoms with Crippen molar-refractivity contribution in [2.24, 2.45) is 0 Å². The monoisotopic (exact) mass is 387 g/mol. The Morgan fingerprint density at radius 1 is 1.30 bits per heavy atom. The summed E-state index contributed by atoms with van der Waals surface area (Å²) in [7, 11) is 3.42. The minimum atomic E-state index is -0.242. The molecule has 0 amide bonds. The van der Waals surface area contributed by atoms with Crippen LogP contribution in [0.2, 0.25) is 0 Å². The lowest BCUT2D eigenvalue weighted by atomic mass is 10.1. The Morgan fingerprint density at radius 3 is 2.70 bits per heavy atom. The minimum Gasteiger partial charge on any atom is -0.378 e. The third-order valence-corrected chi connectivity index (χ3v) is 3.92. The molecule has 0 atom stereocenters. The van der Waals surface area contributed by atoms with E-state index in [0.29, 0.717) is 24.4 Å². The molecule has 2 aromatic rings. The molecule has 0 unspecified atom stereocenters. The molecule has 0 saturated heterocycles. The fraction of sp³-hybridized carbons (Fsp3) is 0.286. The minimum absolute atomic E-state index is 0.242. The maximum Gasteiger partial charge on any atom is 0.143 e. The molecule has 4 nitrogen and oxygen atoms in total. The normalized spacial score (nSPS) is 10.6. The van der Waals surface area contributed by atoms with Crippen LogP contribution in [0.3, 0.4) is 0 Å². The van der Waals surface area contributed by atoms with E-state index in [1.54, 1.807) is 32.4 Å². The molecule has 20 heavy (non-hydrogen) atoms. The molecule has 0 radical (unpaired) electrons. The van der Waals surface area contributed by atoms with Crippen molar-refractivity contribution in [3.8, 4) is 0 Å². The first-order chi connectivity index (χ1) is 9.65. The fourth-order valence-corrected chi connectivity index (χ4v) is 2.50. The van der Waals surface area contributed by atoms with Crippen molar-refractivity contribution >= 4 is 28.4 Å². The van der Waals surface area contributed by atoms with Gasteiger partial charge in [0.25, 0.3) is 0 Å². The van der Waals surface area contributed by atoms with Crippen LogP contribution in [-0.4, -0.2) is 24.1 Å². The summed E-state index contributed by atoms with van der Waals surface area (Å²) >= 11 is 2.18. The van der Waals surface area contributed by atoms with Gasteiger partial charge in [0, 0.05) is 20.6 Å². The second-order valence-corrected chi connectivity index (χ2v) is 5.28. The van der Waals surface area contributed by atoms with Gasteiger partial charge in [-0.05, 0) is 34.2 Å². The quantitative estimate of drug-likeness (QED) is 0.802. The molecule has 0 aliphatic heterocycles. The van der Waals surface area contributed by atoms with E-state index in [2.05, 4.69) is 37.9 Å². The first-order valence-electron chi connectivity index (χ1n) is 6.11. The topological polar surface area (TPSA) is 47.0 Å². The van der Waals surface area contributed by atoms with Crippen LogP contribution in [0.1, 0.15) is 17.1 Å². The highest BCUT2D eigenvalue weighted by molar-refractivity contribution is 14.1. The van der Waals surface area contributed by atoms with Gasteiger partial charge in [0.2, 0.25) is 0 Å². The molecule has 0 aliphatic rings. The van der Waals surface area contributed by atoms with Crippen LogP contribution >= 0.6 is 22.6 Å². The summed E-state index contributed by atoms with van der Waals surface area (Å²) in [6, 6.07) is 6.66. The number of nitrogens with zero attached hydrogens (tertiary/aromatic N) is 2. The molecule has 1 aromatic carbocycles. The molecular formula is C14H15FIN3O. The Labute approximate surface area is 130 Å². The SMILES string of the molecule is CNc1nc(Cc2ccccc2F)nc(COC)c1I. The van der Waals surface area contributed by atoms with Gasteiger partial charge in [-0.15, -0.1) is 0 Å². The molecular weight excluding hydrogens is 372 g/mol. The lowest BCUT2D eigenvalue weighted by molar-refractivity contribution is 0.180. The van der Waals surface area contributed by atoms with Crippen LogP contribution in [-0.2, 0) is 17.8 Å². The molecule has 1 heterocycles. The summed E-state index contributed by atoms with van der Waals surface area (Å²) in [5.74, 6) is 1.07. The van der Waals surface area contributed by atoms with Crippen molar-refractivity contribution in [2.75, 3.05) is 19.5 Å². The predicted molar refractivity (Wildman–Crippen MR) is 84.2 cm³/mol. The van der Waals surface area contributed by atoms with Gasteiger partial charge in [-0.2, -0.15) is 0 Å². The number of aromatic nitrogens is 2. The summed E-state index contributed by atoms with van der Waals surface area (Å²) in [6.07, 6.45) is 0.356. The van der Waals surface area contributed by atoms with E-state index >= 15 is 0 Å². The van der Waals surface area contributed by atoms with Gasteiger partial charge in [0.05, 0.1) is 15.9 Å². The third kappa shape index (κ3) is 3.43. The van der Waals surface area contributed by atoms with E-state index in [1.807, 2.05) is 0 Å².